The first-order valence-corrected chi connectivity index (χ1v) is 7.73. The number of amides is 1. The van der Waals surface area contributed by atoms with E-state index in [0.29, 0.717) is 12.5 Å². The smallest absolute Gasteiger partial charge is 0.220 e. The van der Waals surface area contributed by atoms with Crippen molar-refractivity contribution in [2.75, 3.05) is 13.1 Å². The molecule has 0 aromatic carbocycles. The Hall–Kier alpha value is -1.42. The van der Waals surface area contributed by atoms with E-state index in [2.05, 4.69) is 15.2 Å². The fourth-order valence-electron chi connectivity index (χ4n) is 2.96. The molecule has 0 spiro atoms. The van der Waals surface area contributed by atoms with Gasteiger partial charge in [-0.05, 0) is 49.8 Å². The second-order valence-electron chi connectivity index (χ2n) is 5.96. The van der Waals surface area contributed by atoms with Crippen LogP contribution in [0.5, 0.6) is 0 Å². The van der Waals surface area contributed by atoms with Crippen LogP contribution < -0.4 is 5.32 Å². The zero-order valence-electron chi connectivity index (χ0n) is 11.9. The molecule has 1 N–H and O–H groups in total. The third kappa shape index (κ3) is 3.79. The predicted molar refractivity (Wildman–Crippen MR) is 78.3 cm³/mol. The Kier molecular flexibility index (Phi) is 4.31. The number of aromatic nitrogens is 1. The van der Waals surface area contributed by atoms with Crippen LogP contribution in [0.15, 0.2) is 24.5 Å². The summed E-state index contributed by atoms with van der Waals surface area (Å²) >= 11 is 0. The van der Waals surface area contributed by atoms with Gasteiger partial charge in [-0.2, -0.15) is 0 Å². The number of piperidine rings is 1. The van der Waals surface area contributed by atoms with Gasteiger partial charge in [0.15, 0.2) is 0 Å². The van der Waals surface area contributed by atoms with Crippen molar-refractivity contribution in [1.82, 2.24) is 15.2 Å². The highest BCUT2D eigenvalue weighted by Crippen LogP contribution is 2.29. The highest BCUT2D eigenvalue weighted by atomic mass is 16.1. The van der Waals surface area contributed by atoms with E-state index in [1.54, 1.807) is 12.4 Å². The lowest BCUT2D eigenvalue weighted by molar-refractivity contribution is -0.122. The molecule has 2 fully saturated rings. The minimum Gasteiger partial charge on any atom is -0.353 e. The molecule has 0 atom stereocenters. The van der Waals surface area contributed by atoms with E-state index in [-0.39, 0.29) is 5.91 Å². The van der Waals surface area contributed by atoms with Gasteiger partial charge in [0.25, 0.3) is 0 Å². The molecule has 108 valence electrons. The number of aryl methyl sites for hydroxylation is 1. The number of carbonyl (C=O) groups is 1. The monoisotopic (exact) mass is 273 g/mol. The maximum Gasteiger partial charge on any atom is 0.220 e. The molecule has 1 aliphatic heterocycles. The Morgan fingerprint density at radius 2 is 1.90 bits per heavy atom. The second kappa shape index (κ2) is 6.35. The molecular weight excluding hydrogens is 250 g/mol. The average Bonchev–Trinajstić information content (AvgIpc) is 3.32. The fraction of sp³-hybridized carbons (Fsp3) is 0.625. The number of nitrogens with one attached hydrogen (secondary N) is 1. The van der Waals surface area contributed by atoms with Crippen LogP contribution in [0.1, 0.15) is 37.7 Å². The fourth-order valence-corrected chi connectivity index (χ4v) is 2.96. The standard InChI is InChI=1S/C16H23N3O/c20-16(4-1-13-5-9-17-10-6-13)18-14-7-11-19(12-8-14)15-2-3-15/h5-6,9-10,14-15H,1-4,7-8,11-12H2,(H,18,20). The summed E-state index contributed by atoms with van der Waals surface area (Å²) in [5, 5.41) is 3.19. The normalized spacial score (nSPS) is 20.8. The third-order valence-electron chi connectivity index (χ3n) is 4.35. The zero-order chi connectivity index (χ0) is 13.8. The van der Waals surface area contributed by atoms with Gasteiger partial charge in [-0.1, -0.05) is 0 Å². The van der Waals surface area contributed by atoms with Gasteiger partial charge >= 0.3 is 0 Å². The highest BCUT2D eigenvalue weighted by molar-refractivity contribution is 5.76. The Bertz CT molecular complexity index is 436. The van der Waals surface area contributed by atoms with E-state index in [9.17, 15) is 4.79 Å². The van der Waals surface area contributed by atoms with Crippen molar-refractivity contribution in [3.05, 3.63) is 30.1 Å². The van der Waals surface area contributed by atoms with Crippen LogP contribution in [0.4, 0.5) is 0 Å². The molecule has 3 rings (SSSR count). The van der Waals surface area contributed by atoms with Crippen LogP contribution in [0.25, 0.3) is 0 Å². The van der Waals surface area contributed by atoms with Crippen molar-refractivity contribution in [2.24, 2.45) is 0 Å². The van der Waals surface area contributed by atoms with Gasteiger partial charge < -0.3 is 10.2 Å². The Balaban J connectivity index is 1.36. The molecule has 4 heteroatoms. The Labute approximate surface area is 120 Å². The van der Waals surface area contributed by atoms with Crippen LogP contribution in [-0.4, -0.2) is 41.0 Å². The van der Waals surface area contributed by atoms with Crippen molar-refractivity contribution in [3.8, 4) is 0 Å². The zero-order valence-corrected chi connectivity index (χ0v) is 11.9. The van der Waals surface area contributed by atoms with Gasteiger partial charge in [-0.15, -0.1) is 0 Å². The van der Waals surface area contributed by atoms with Crippen LogP contribution >= 0.6 is 0 Å². The van der Waals surface area contributed by atoms with Crippen molar-refractivity contribution in [2.45, 2.75) is 50.6 Å². The quantitative estimate of drug-likeness (QED) is 0.889. The lowest BCUT2D eigenvalue weighted by Gasteiger charge is -2.32. The minimum atomic E-state index is 0.187. The minimum absolute atomic E-state index is 0.187. The van der Waals surface area contributed by atoms with Crippen LogP contribution in [0.3, 0.4) is 0 Å². The topological polar surface area (TPSA) is 45.2 Å². The van der Waals surface area contributed by atoms with Gasteiger partial charge in [-0.25, -0.2) is 0 Å². The van der Waals surface area contributed by atoms with E-state index >= 15 is 0 Å². The second-order valence-corrected chi connectivity index (χ2v) is 5.96. The average molecular weight is 273 g/mol. The van der Waals surface area contributed by atoms with E-state index in [1.807, 2.05) is 12.1 Å². The molecule has 1 aliphatic carbocycles. The van der Waals surface area contributed by atoms with Crippen molar-refractivity contribution < 1.29 is 4.79 Å². The molecule has 0 radical (unpaired) electrons. The summed E-state index contributed by atoms with van der Waals surface area (Å²) in [5.74, 6) is 0.187. The van der Waals surface area contributed by atoms with E-state index in [1.165, 1.54) is 18.4 Å². The summed E-state index contributed by atoms with van der Waals surface area (Å²) in [4.78, 5) is 18.5. The molecule has 0 bridgehead atoms. The highest BCUT2D eigenvalue weighted by Gasteiger charge is 2.31. The lowest BCUT2D eigenvalue weighted by atomic mass is 10.0. The van der Waals surface area contributed by atoms with Gasteiger partial charge in [-0.3, -0.25) is 9.78 Å². The summed E-state index contributed by atoms with van der Waals surface area (Å²) in [6.07, 6.45) is 9.91. The molecule has 2 heterocycles. The maximum absolute atomic E-state index is 12.0. The summed E-state index contributed by atoms with van der Waals surface area (Å²) in [5.41, 5.74) is 1.18. The number of nitrogens with zero attached hydrogens (tertiary/aromatic N) is 2. The SMILES string of the molecule is O=C(CCc1ccncc1)NC1CCN(C2CC2)CC1. The molecule has 1 saturated heterocycles. The Morgan fingerprint density at radius 1 is 1.20 bits per heavy atom. The number of pyridine rings is 1. The number of hydrogen-bond donors (Lipinski definition) is 1. The van der Waals surface area contributed by atoms with Gasteiger partial charge in [0, 0.05) is 44.0 Å². The first kappa shape index (κ1) is 13.6. The molecular formula is C16H23N3O. The summed E-state index contributed by atoms with van der Waals surface area (Å²) < 4.78 is 0. The largest absolute Gasteiger partial charge is 0.353 e. The van der Waals surface area contributed by atoms with Gasteiger partial charge in [0.2, 0.25) is 5.91 Å². The molecule has 1 amide bonds. The number of hydrogen-bond acceptors (Lipinski definition) is 3. The van der Waals surface area contributed by atoms with Gasteiger partial charge in [0.05, 0.1) is 0 Å². The first-order chi connectivity index (χ1) is 9.81. The Morgan fingerprint density at radius 3 is 2.55 bits per heavy atom. The van der Waals surface area contributed by atoms with Crippen LogP contribution in [0.2, 0.25) is 0 Å². The van der Waals surface area contributed by atoms with E-state index in [4.69, 9.17) is 0 Å². The maximum atomic E-state index is 12.0. The van der Waals surface area contributed by atoms with Crippen LogP contribution in [0, 0.1) is 0 Å². The van der Waals surface area contributed by atoms with Gasteiger partial charge in [0.1, 0.15) is 0 Å². The summed E-state index contributed by atoms with van der Waals surface area (Å²) in [6, 6.07) is 5.19. The number of carbonyl (C=O) groups excluding carboxylic acids is 1. The summed E-state index contributed by atoms with van der Waals surface area (Å²) in [6.45, 7) is 2.31. The molecule has 1 aromatic heterocycles. The van der Waals surface area contributed by atoms with Crippen LogP contribution in [-0.2, 0) is 11.2 Å². The van der Waals surface area contributed by atoms with Crippen molar-refractivity contribution >= 4 is 5.91 Å². The molecule has 1 aromatic rings. The first-order valence-electron chi connectivity index (χ1n) is 7.73. The van der Waals surface area contributed by atoms with E-state index < -0.39 is 0 Å². The molecule has 1 saturated carbocycles. The summed E-state index contributed by atoms with van der Waals surface area (Å²) in [7, 11) is 0. The van der Waals surface area contributed by atoms with Crippen molar-refractivity contribution in [3.63, 3.8) is 0 Å². The lowest BCUT2D eigenvalue weighted by Crippen LogP contribution is -2.45. The number of rotatable bonds is 5. The molecule has 20 heavy (non-hydrogen) atoms. The molecule has 4 nitrogen and oxygen atoms in total. The number of likely N-dealkylation sites (tertiary alicyclic amines) is 1. The third-order valence-corrected chi connectivity index (χ3v) is 4.35. The molecule has 0 unspecified atom stereocenters. The van der Waals surface area contributed by atoms with E-state index in [0.717, 1.165) is 38.4 Å². The van der Waals surface area contributed by atoms with Crippen molar-refractivity contribution in [1.29, 1.82) is 0 Å². The molecule has 2 aliphatic rings. The predicted octanol–water partition coefficient (Wildman–Crippen LogP) is 1.76.